The number of aromatic nitrogens is 2. The van der Waals surface area contributed by atoms with Crippen LogP contribution in [0.15, 0.2) is 46.9 Å². The van der Waals surface area contributed by atoms with Gasteiger partial charge in [0.05, 0.1) is 28.9 Å². The van der Waals surface area contributed by atoms with E-state index in [1.807, 2.05) is 6.92 Å². The van der Waals surface area contributed by atoms with Gasteiger partial charge < -0.3 is 19.6 Å². The fourth-order valence-corrected chi connectivity index (χ4v) is 3.64. The maximum absolute atomic E-state index is 14.0. The van der Waals surface area contributed by atoms with Crippen molar-refractivity contribution in [3.05, 3.63) is 88.0 Å². The Labute approximate surface area is 188 Å². The maximum atomic E-state index is 14.0. The van der Waals surface area contributed by atoms with Crippen molar-refractivity contribution >= 4 is 11.4 Å². The van der Waals surface area contributed by atoms with E-state index in [1.54, 1.807) is 38.1 Å². The van der Waals surface area contributed by atoms with E-state index in [0.717, 1.165) is 17.7 Å². The van der Waals surface area contributed by atoms with E-state index in [1.165, 1.54) is 10.6 Å². The van der Waals surface area contributed by atoms with Gasteiger partial charge in [0.1, 0.15) is 35.8 Å². The molecular formula is C24H23F2N3O4. The van der Waals surface area contributed by atoms with Gasteiger partial charge in [0.2, 0.25) is 5.88 Å². The molecule has 1 amide bonds. The van der Waals surface area contributed by atoms with Crippen LogP contribution < -0.4 is 10.1 Å². The molecule has 7 nitrogen and oxygen atoms in total. The van der Waals surface area contributed by atoms with Crippen molar-refractivity contribution in [1.29, 1.82) is 0 Å². The first-order chi connectivity index (χ1) is 15.8. The first-order valence-electron chi connectivity index (χ1n) is 10.3. The highest BCUT2D eigenvalue weighted by Gasteiger charge is 2.24. The number of halogens is 2. The number of hydrogen-bond donors (Lipinski definition) is 2. The number of ether oxygens (including phenoxy) is 1. The molecule has 2 N–H and O–H groups in total. The summed E-state index contributed by atoms with van der Waals surface area (Å²) in [6.45, 7) is 4.55. The molecule has 9 heteroatoms. The standard InChI is InChI=1S/C24H23F2N3O4/c1-13-9-20-23(24(31)27-19(11-30)21-8-7-14(2)33-21)15(3)28-29(20)22(10-13)32-12-16-17(25)5-4-6-18(16)26/h4-10,19,30H,11-12H2,1-3H3,(H,27,31)/t19-/m1/s1. The lowest BCUT2D eigenvalue weighted by atomic mass is 10.1. The van der Waals surface area contributed by atoms with E-state index >= 15 is 0 Å². The van der Waals surface area contributed by atoms with Crippen LogP contribution in [0.2, 0.25) is 0 Å². The van der Waals surface area contributed by atoms with E-state index in [-0.39, 0.29) is 24.7 Å². The highest BCUT2D eigenvalue weighted by Crippen LogP contribution is 2.26. The molecule has 3 heterocycles. The van der Waals surface area contributed by atoms with Crippen LogP contribution in [-0.4, -0.2) is 27.2 Å². The third-order valence-electron chi connectivity index (χ3n) is 5.27. The molecule has 0 fully saturated rings. The first kappa shape index (κ1) is 22.5. The molecule has 1 atom stereocenters. The summed E-state index contributed by atoms with van der Waals surface area (Å²) in [4.78, 5) is 13.1. The lowest BCUT2D eigenvalue weighted by Crippen LogP contribution is -2.30. The zero-order valence-corrected chi connectivity index (χ0v) is 18.4. The summed E-state index contributed by atoms with van der Waals surface area (Å²) in [5, 5.41) is 16.9. The number of carbonyl (C=O) groups excluding carboxylic acids is 1. The Morgan fingerprint density at radius 2 is 1.91 bits per heavy atom. The minimum Gasteiger partial charge on any atom is -0.473 e. The summed E-state index contributed by atoms with van der Waals surface area (Å²) in [7, 11) is 0. The van der Waals surface area contributed by atoms with Gasteiger partial charge in [0.25, 0.3) is 5.91 Å². The number of pyridine rings is 1. The molecule has 172 valence electrons. The number of nitrogens with one attached hydrogen (secondary N) is 1. The Balaban J connectivity index is 1.66. The van der Waals surface area contributed by atoms with Gasteiger partial charge in [0.15, 0.2) is 0 Å². The van der Waals surface area contributed by atoms with Gasteiger partial charge in [-0.2, -0.15) is 9.61 Å². The van der Waals surface area contributed by atoms with Crippen LogP contribution in [0.1, 0.15) is 44.7 Å². The average molecular weight is 455 g/mol. The van der Waals surface area contributed by atoms with Crippen molar-refractivity contribution in [3.63, 3.8) is 0 Å². The molecule has 0 aliphatic carbocycles. The zero-order chi connectivity index (χ0) is 23.7. The summed E-state index contributed by atoms with van der Waals surface area (Å²) >= 11 is 0. The van der Waals surface area contributed by atoms with Crippen molar-refractivity contribution in [1.82, 2.24) is 14.9 Å². The van der Waals surface area contributed by atoms with Gasteiger partial charge in [0, 0.05) is 6.07 Å². The summed E-state index contributed by atoms with van der Waals surface area (Å²) < 4.78 is 40.6. The SMILES string of the molecule is Cc1cc(OCc2c(F)cccc2F)n2nc(C)c(C(=O)N[C@H](CO)c3ccc(C)o3)c2c1. The van der Waals surface area contributed by atoms with Gasteiger partial charge in [-0.15, -0.1) is 0 Å². The normalized spacial score (nSPS) is 12.2. The number of aliphatic hydroxyl groups is 1. The molecule has 3 aromatic heterocycles. The predicted octanol–water partition coefficient (Wildman–Crippen LogP) is 4.17. The number of amides is 1. The maximum Gasteiger partial charge on any atom is 0.256 e. The molecule has 4 aromatic rings. The Morgan fingerprint density at radius 1 is 1.18 bits per heavy atom. The van der Waals surface area contributed by atoms with Gasteiger partial charge >= 0.3 is 0 Å². The first-order valence-corrected chi connectivity index (χ1v) is 10.3. The Morgan fingerprint density at radius 3 is 2.55 bits per heavy atom. The van der Waals surface area contributed by atoms with E-state index in [4.69, 9.17) is 9.15 Å². The van der Waals surface area contributed by atoms with Gasteiger partial charge in [-0.25, -0.2) is 8.78 Å². The monoisotopic (exact) mass is 455 g/mol. The molecular weight excluding hydrogens is 432 g/mol. The second-order valence-electron chi connectivity index (χ2n) is 7.77. The van der Waals surface area contributed by atoms with Crippen LogP contribution in [0.4, 0.5) is 8.78 Å². The number of aliphatic hydroxyl groups excluding tert-OH is 1. The van der Waals surface area contributed by atoms with E-state index in [0.29, 0.717) is 28.3 Å². The molecule has 0 saturated heterocycles. The van der Waals surface area contributed by atoms with Crippen molar-refractivity contribution in [3.8, 4) is 5.88 Å². The fraction of sp³-hybridized carbons (Fsp3) is 0.250. The van der Waals surface area contributed by atoms with Crippen LogP contribution >= 0.6 is 0 Å². The minimum atomic E-state index is -0.731. The summed E-state index contributed by atoms with van der Waals surface area (Å²) in [6, 6.07) is 9.74. The van der Waals surface area contributed by atoms with E-state index in [2.05, 4.69) is 10.4 Å². The summed E-state index contributed by atoms with van der Waals surface area (Å²) in [6.07, 6.45) is 0. The number of nitrogens with zero attached hydrogens (tertiary/aromatic N) is 2. The second-order valence-corrected chi connectivity index (χ2v) is 7.77. The summed E-state index contributed by atoms with van der Waals surface area (Å²) in [5.41, 5.74) is 1.74. The smallest absolute Gasteiger partial charge is 0.256 e. The quantitative estimate of drug-likeness (QED) is 0.437. The zero-order valence-electron chi connectivity index (χ0n) is 18.4. The van der Waals surface area contributed by atoms with E-state index < -0.39 is 23.6 Å². The van der Waals surface area contributed by atoms with Crippen molar-refractivity contribution in [2.45, 2.75) is 33.4 Å². The molecule has 0 aliphatic heterocycles. The topological polar surface area (TPSA) is 89.0 Å². The third kappa shape index (κ3) is 4.45. The fourth-order valence-electron chi connectivity index (χ4n) is 3.64. The molecule has 0 bridgehead atoms. The summed E-state index contributed by atoms with van der Waals surface area (Å²) in [5.74, 6) is -0.543. The van der Waals surface area contributed by atoms with Crippen LogP contribution in [0.5, 0.6) is 5.88 Å². The van der Waals surface area contributed by atoms with Crippen LogP contribution in [0.3, 0.4) is 0 Å². The van der Waals surface area contributed by atoms with Crippen LogP contribution in [-0.2, 0) is 6.61 Å². The lowest BCUT2D eigenvalue weighted by Gasteiger charge is -2.14. The largest absolute Gasteiger partial charge is 0.473 e. The average Bonchev–Trinajstić information content (AvgIpc) is 3.34. The van der Waals surface area contributed by atoms with Crippen LogP contribution in [0.25, 0.3) is 5.52 Å². The molecule has 0 aliphatic rings. The van der Waals surface area contributed by atoms with Crippen molar-refractivity contribution in [2.24, 2.45) is 0 Å². The lowest BCUT2D eigenvalue weighted by molar-refractivity contribution is 0.0908. The number of hydrogen-bond acceptors (Lipinski definition) is 5. The molecule has 4 rings (SSSR count). The Bertz CT molecular complexity index is 1310. The number of fused-ring (bicyclic) bond motifs is 1. The van der Waals surface area contributed by atoms with Crippen molar-refractivity contribution < 1.29 is 27.8 Å². The Kier molecular flexibility index (Phi) is 6.15. The van der Waals surface area contributed by atoms with Gasteiger partial charge in [-0.1, -0.05) is 6.07 Å². The van der Waals surface area contributed by atoms with Crippen LogP contribution in [0, 0.1) is 32.4 Å². The number of aryl methyl sites for hydroxylation is 3. The molecule has 0 spiro atoms. The van der Waals surface area contributed by atoms with E-state index in [9.17, 15) is 18.7 Å². The Hall–Kier alpha value is -3.72. The molecule has 1 aromatic carbocycles. The predicted molar refractivity (Wildman–Crippen MR) is 116 cm³/mol. The molecule has 0 unspecified atom stereocenters. The number of rotatable bonds is 7. The van der Waals surface area contributed by atoms with Gasteiger partial charge in [-0.05, 0) is 56.7 Å². The van der Waals surface area contributed by atoms with Gasteiger partial charge in [-0.3, -0.25) is 4.79 Å². The highest BCUT2D eigenvalue weighted by atomic mass is 19.1. The highest BCUT2D eigenvalue weighted by molar-refractivity contribution is 6.02. The molecule has 0 radical (unpaired) electrons. The third-order valence-corrected chi connectivity index (χ3v) is 5.27. The number of furan rings is 1. The molecule has 33 heavy (non-hydrogen) atoms. The number of carbonyl (C=O) groups is 1. The second kappa shape index (κ2) is 9.03. The van der Waals surface area contributed by atoms with Crippen molar-refractivity contribution in [2.75, 3.05) is 6.61 Å². The number of benzene rings is 1. The minimum absolute atomic E-state index is 0.200. The molecule has 0 saturated carbocycles.